The zero-order valence-corrected chi connectivity index (χ0v) is 5.69. The van der Waals surface area contributed by atoms with Gasteiger partial charge in [0.1, 0.15) is 0 Å². The van der Waals surface area contributed by atoms with Gasteiger partial charge in [-0.1, -0.05) is 22.0 Å². The number of hydrogen-bond donors (Lipinski definition) is 1. The third-order valence-corrected chi connectivity index (χ3v) is 0.992. The van der Waals surface area contributed by atoms with E-state index < -0.39 is 0 Å². The maximum Gasteiger partial charge on any atom is 0.0433 e. The van der Waals surface area contributed by atoms with Crippen LogP contribution >= 0.6 is 15.9 Å². The molecule has 42 valence electrons. The quantitative estimate of drug-likeness (QED) is 0.630. The Morgan fingerprint density at radius 2 is 2.29 bits per heavy atom. The van der Waals surface area contributed by atoms with Crippen LogP contribution in [0.4, 0.5) is 0 Å². The second-order valence-electron chi connectivity index (χ2n) is 1.23. The fourth-order valence-electron chi connectivity index (χ4n) is 0.272. The highest BCUT2D eigenvalue weighted by Gasteiger charge is 1.74. The first-order valence-electron chi connectivity index (χ1n) is 2.28. The average Bonchev–Trinajstić information content (AvgIpc) is 1.69. The largest absolute Gasteiger partial charge is 0.396 e. The summed E-state index contributed by atoms with van der Waals surface area (Å²) in [5, 5.41) is 8.24. The Kier molecular flexibility index (Phi) is 6.34. The predicted molar refractivity (Wildman–Crippen MR) is 34.4 cm³/mol. The number of aliphatic hydroxyl groups excluding tert-OH is 1. The van der Waals surface area contributed by atoms with E-state index in [9.17, 15) is 0 Å². The lowest BCUT2D eigenvalue weighted by atomic mass is 10.3. The van der Waals surface area contributed by atoms with Gasteiger partial charge in [-0.05, 0) is 17.8 Å². The summed E-state index contributed by atoms with van der Waals surface area (Å²) in [6, 6.07) is 0. The number of rotatable bonds is 3. The van der Waals surface area contributed by atoms with Crippen LogP contribution in [0.25, 0.3) is 0 Å². The van der Waals surface area contributed by atoms with Gasteiger partial charge < -0.3 is 5.11 Å². The molecule has 0 aliphatic heterocycles. The van der Waals surface area contributed by atoms with E-state index in [1.165, 1.54) is 0 Å². The van der Waals surface area contributed by atoms with Crippen LogP contribution in [-0.4, -0.2) is 11.7 Å². The lowest BCUT2D eigenvalue weighted by Gasteiger charge is -1.83. The first-order valence-corrected chi connectivity index (χ1v) is 3.19. The van der Waals surface area contributed by atoms with Crippen molar-refractivity contribution in [1.29, 1.82) is 0 Å². The summed E-state index contributed by atoms with van der Waals surface area (Å²) in [6.07, 6.45) is 3.79. The molecule has 0 fully saturated rings. The number of unbranched alkanes of at least 4 members (excludes halogenated alkanes) is 1. The van der Waals surface area contributed by atoms with Crippen molar-refractivity contribution in [1.82, 2.24) is 0 Å². The van der Waals surface area contributed by atoms with Crippen molar-refractivity contribution in [2.24, 2.45) is 0 Å². The Balaban J connectivity index is 2.69. The van der Waals surface area contributed by atoms with Gasteiger partial charge in [0, 0.05) is 6.61 Å². The molecule has 0 aliphatic rings. The minimum absolute atomic E-state index is 0.289. The SMILES string of the molecule is OCCC/C=C/Br. The number of aliphatic hydroxyl groups is 1. The predicted octanol–water partition coefficient (Wildman–Crippen LogP) is 1.67. The monoisotopic (exact) mass is 164 g/mol. The maximum atomic E-state index is 8.24. The van der Waals surface area contributed by atoms with E-state index in [1.807, 2.05) is 11.1 Å². The van der Waals surface area contributed by atoms with Gasteiger partial charge in [-0.25, -0.2) is 0 Å². The molecule has 0 atom stereocenters. The van der Waals surface area contributed by atoms with Crippen molar-refractivity contribution in [3.63, 3.8) is 0 Å². The van der Waals surface area contributed by atoms with Crippen molar-refractivity contribution < 1.29 is 5.11 Å². The fraction of sp³-hybridized carbons (Fsp3) is 0.600. The number of hydrogen-bond acceptors (Lipinski definition) is 1. The second-order valence-corrected chi connectivity index (χ2v) is 1.76. The Labute approximate surface area is 52.2 Å². The Morgan fingerprint density at radius 3 is 2.71 bits per heavy atom. The van der Waals surface area contributed by atoms with E-state index in [2.05, 4.69) is 15.9 Å². The highest BCUT2D eigenvalue weighted by molar-refractivity contribution is 9.11. The molecule has 0 saturated carbocycles. The first kappa shape index (κ1) is 7.18. The van der Waals surface area contributed by atoms with Crippen molar-refractivity contribution >= 4 is 15.9 Å². The van der Waals surface area contributed by atoms with Crippen LogP contribution in [0, 0.1) is 0 Å². The summed E-state index contributed by atoms with van der Waals surface area (Å²) < 4.78 is 0. The fourth-order valence-corrected chi connectivity index (χ4v) is 0.536. The van der Waals surface area contributed by atoms with Gasteiger partial charge >= 0.3 is 0 Å². The van der Waals surface area contributed by atoms with Crippen molar-refractivity contribution in [3.05, 3.63) is 11.1 Å². The topological polar surface area (TPSA) is 20.2 Å². The lowest BCUT2D eigenvalue weighted by Crippen LogP contribution is -1.76. The molecule has 2 heteroatoms. The third-order valence-electron chi connectivity index (χ3n) is 0.618. The zero-order chi connectivity index (χ0) is 5.54. The van der Waals surface area contributed by atoms with E-state index >= 15 is 0 Å². The molecule has 0 aromatic heterocycles. The summed E-state index contributed by atoms with van der Waals surface area (Å²) in [6.45, 7) is 0.289. The summed E-state index contributed by atoms with van der Waals surface area (Å²) in [4.78, 5) is 1.81. The Morgan fingerprint density at radius 1 is 1.57 bits per heavy atom. The van der Waals surface area contributed by atoms with Crippen LogP contribution < -0.4 is 0 Å². The molecule has 7 heavy (non-hydrogen) atoms. The molecular weight excluding hydrogens is 156 g/mol. The van der Waals surface area contributed by atoms with E-state index in [-0.39, 0.29) is 6.61 Å². The summed E-state index contributed by atoms with van der Waals surface area (Å²) in [5.41, 5.74) is 0. The normalized spacial score (nSPS) is 10.6. The number of allylic oxidation sites excluding steroid dienone is 1. The molecule has 0 amide bonds. The van der Waals surface area contributed by atoms with Crippen molar-refractivity contribution in [3.8, 4) is 0 Å². The maximum absolute atomic E-state index is 8.24. The van der Waals surface area contributed by atoms with Gasteiger partial charge in [0.05, 0.1) is 0 Å². The Bertz CT molecular complexity index is 52.0. The molecule has 0 radical (unpaired) electrons. The molecule has 1 nitrogen and oxygen atoms in total. The van der Waals surface area contributed by atoms with Gasteiger partial charge in [-0.15, -0.1) is 0 Å². The van der Waals surface area contributed by atoms with E-state index in [0.717, 1.165) is 12.8 Å². The number of halogens is 1. The molecule has 0 spiro atoms. The van der Waals surface area contributed by atoms with Crippen LogP contribution in [-0.2, 0) is 0 Å². The summed E-state index contributed by atoms with van der Waals surface area (Å²) in [5.74, 6) is 0. The first-order chi connectivity index (χ1) is 3.41. The van der Waals surface area contributed by atoms with Crippen LogP contribution in [0.15, 0.2) is 11.1 Å². The van der Waals surface area contributed by atoms with Gasteiger partial charge in [-0.3, -0.25) is 0 Å². The molecule has 0 heterocycles. The van der Waals surface area contributed by atoms with Crippen molar-refractivity contribution in [2.75, 3.05) is 6.61 Å². The van der Waals surface area contributed by atoms with Crippen LogP contribution in [0.5, 0.6) is 0 Å². The highest BCUT2D eigenvalue weighted by atomic mass is 79.9. The van der Waals surface area contributed by atoms with Gasteiger partial charge in [0.15, 0.2) is 0 Å². The van der Waals surface area contributed by atoms with Gasteiger partial charge in [0.2, 0.25) is 0 Å². The van der Waals surface area contributed by atoms with E-state index in [4.69, 9.17) is 5.11 Å². The third kappa shape index (κ3) is 6.18. The molecule has 1 N–H and O–H groups in total. The lowest BCUT2D eigenvalue weighted by molar-refractivity contribution is 0.289. The zero-order valence-electron chi connectivity index (χ0n) is 4.10. The van der Waals surface area contributed by atoms with E-state index in [0.29, 0.717) is 0 Å². The molecule has 0 rings (SSSR count). The van der Waals surface area contributed by atoms with Crippen LogP contribution in [0.3, 0.4) is 0 Å². The van der Waals surface area contributed by atoms with Gasteiger partial charge in [-0.2, -0.15) is 0 Å². The van der Waals surface area contributed by atoms with Crippen LogP contribution in [0.1, 0.15) is 12.8 Å². The molecule has 0 bridgehead atoms. The van der Waals surface area contributed by atoms with Crippen molar-refractivity contribution in [2.45, 2.75) is 12.8 Å². The summed E-state index contributed by atoms with van der Waals surface area (Å²) >= 11 is 3.12. The highest BCUT2D eigenvalue weighted by Crippen LogP contribution is 1.91. The smallest absolute Gasteiger partial charge is 0.0433 e. The molecule has 0 saturated heterocycles. The average molecular weight is 165 g/mol. The van der Waals surface area contributed by atoms with E-state index in [1.54, 1.807) is 0 Å². The molecule has 0 unspecified atom stereocenters. The molecular formula is C5H9BrO. The standard InChI is InChI=1S/C5H9BrO/c6-4-2-1-3-5-7/h2,4,7H,1,3,5H2/b4-2+. The summed E-state index contributed by atoms with van der Waals surface area (Å²) in [7, 11) is 0. The Hall–Kier alpha value is 0.180. The molecule has 0 aromatic rings. The van der Waals surface area contributed by atoms with Gasteiger partial charge in [0.25, 0.3) is 0 Å². The minimum Gasteiger partial charge on any atom is -0.396 e. The molecule has 0 aliphatic carbocycles. The molecule has 0 aromatic carbocycles. The van der Waals surface area contributed by atoms with Crippen LogP contribution in [0.2, 0.25) is 0 Å². The minimum atomic E-state index is 0.289. The second kappa shape index (κ2) is 6.18.